The molecule has 304 valence electrons. The molecule has 2 unspecified atom stereocenters. The van der Waals surface area contributed by atoms with Crippen molar-refractivity contribution < 1.29 is 14.3 Å². The van der Waals surface area contributed by atoms with Crippen LogP contribution in [0.5, 0.6) is 11.5 Å². The SMILES string of the molecule is O=C(C(c1ccccc1)n1ccnc1)N1CCC[C@H]1c1nc(-c2cccc(Oc3ccc(-c4cnc([C@@H]5CCCN5C(=O)C(c5ccccc5)n5ccnc5)[nH]4)cc3)c2)c[nH]1. The maximum atomic E-state index is 14.2. The summed E-state index contributed by atoms with van der Waals surface area (Å²) in [6.45, 7) is 1.32. The van der Waals surface area contributed by atoms with Crippen LogP contribution >= 0.6 is 0 Å². The fourth-order valence-electron chi connectivity index (χ4n) is 8.81. The van der Waals surface area contributed by atoms with Crippen molar-refractivity contribution in [3.63, 3.8) is 0 Å². The van der Waals surface area contributed by atoms with E-state index in [-0.39, 0.29) is 23.9 Å². The van der Waals surface area contributed by atoms with Crippen molar-refractivity contribution in [2.75, 3.05) is 13.1 Å². The summed E-state index contributed by atoms with van der Waals surface area (Å²) in [5.74, 6) is 2.95. The Kier molecular flexibility index (Phi) is 10.3. The largest absolute Gasteiger partial charge is 0.457 e. The highest BCUT2D eigenvalue weighted by Gasteiger charge is 2.38. The van der Waals surface area contributed by atoms with Gasteiger partial charge in [-0.1, -0.05) is 72.8 Å². The Morgan fingerprint density at radius 3 is 1.85 bits per heavy atom. The maximum absolute atomic E-state index is 14.2. The number of likely N-dealkylation sites (tertiary alicyclic amines) is 2. The number of hydrogen-bond acceptors (Lipinski definition) is 7. The lowest BCUT2D eigenvalue weighted by molar-refractivity contribution is -0.135. The Hall–Kier alpha value is -7.54. The van der Waals surface area contributed by atoms with E-state index >= 15 is 0 Å². The minimum Gasteiger partial charge on any atom is -0.457 e. The first-order valence-electron chi connectivity index (χ1n) is 20.7. The second-order valence-electron chi connectivity index (χ2n) is 15.5. The summed E-state index contributed by atoms with van der Waals surface area (Å²) in [5.41, 5.74) is 5.34. The standard InChI is InChI=1S/C48H44N10O3/c59-47(43(55-26-22-49-31-55)34-10-3-1-4-11-34)57-24-8-16-41(57)45-51-29-39(53-45)33-18-20-37(21-19-33)61-38-15-7-14-36(28-38)40-30-52-46(54-40)42-17-9-25-58(42)48(60)44(56-27-23-50-32-56)35-12-5-2-6-13-35/h1-7,10-15,18-23,26-32,41-44H,8-9,16-17,24-25H2,(H,51,53)(H,52,54)/t41-,42-,43?,44?/m0/s1. The van der Waals surface area contributed by atoms with E-state index in [1.54, 1.807) is 25.0 Å². The van der Waals surface area contributed by atoms with Gasteiger partial charge in [-0.05, 0) is 78.8 Å². The number of nitrogens with one attached hydrogen (secondary N) is 2. The number of nitrogens with zero attached hydrogens (tertiary/aromatic N) is 8. The molecule has 2 aliphatic rings. The van der Waals surface area contributed by atoms with Crippen LogP contribution in [0.2, 0.25) is 0 Å². The number of ether oxygens (including phenoxy) is 1. The lowest BCUT2D eigenvalue weighted by Gasteiger charge is -2.28. The molecular weight excluding hydrogens is 765 g/mol. The number of benzene rings is 4. The minimum atomic E-state index is -0.508. The molecule has 13 nitrogen and oxygen atoms in total. The highest BCUT2D eigenvalue weighted by molar-refractivity contribution is 5.85. The molecule has 2 saturated heterocycles. The quantitative estimate of drug-likeness (QED) is 0.126. The number of amides is 2. The van der Waals surface area contributed by atoms with E-state index < -0.39 is 12.1 Å². The van der Waals surface area contributed by atoms with Gasteiger partial charge in [0.05, 0.1) is 42.3 Å². The molecular formula is C48H44N10O3. The van der Waals surface area contributed by atoms with Crippen LogP contribution in [-0.4, -0.2) is 73.7 Å². The van der Waals surface area contributed by atoms with Gasteiger partial charge in [0.15, 0.2) is 0 Å². The second-order valence-corrected chi connectivity index (χ2v) is 15.5. The third kappa shape index (κ3) is 7.61. The van der Waals surface area contributed by atoms with Crippen LogP contribution in [0.3, 0.4) is 0 Å². The molecule has 61 heavy (non-hydrogen) atoms. The van der Waals surface area contributed by atoms with E-state index in [0.717, 1.165) is 71.0 Å². The van der Waals surface area contributed by atoms with Crippen LogP contribution in [0.15, 0.2) is 159 Å². The van der Waals surface area contributed by atoms with Crippen molar-refractivity contribution in [1.82, 2.24) is 48.8 Å². The average molecular weight is 809 g/mol. The van der Waals surface area contributed by atoms with Crippen LogP contribution in [0.1, 0.15) is 72.6 Å². The summed E-state index contributed by atoms with van der Waals surface area (Å²) < 4.78 is 10.1. The van der Waals surface area contributed by atoms with Gasteiger partial charge in [-0.15, -0.1) is 0 Å². The Labute approximate surface area is 352 Å². The summed E-state index contributed by atoms with van der Waals surface area (Å²) in [4.78, 5) is 57.4. The van der Waals surface area contributed by atoms with Gasteiger partial charge in [0, 0.05) is 49.6 Å². The molecule has 6 heterocycles. The molecule has 0 aliphatic carbocycles. The molecule has 4 aromatic carbocycles. The van der Waals surface area contributed by atoms with Crippen molar-refractivity contribution in [3.05, 3.63) is 182 Å². The molecule has 0 radical (unpaired) electrons. The fraction of sp³-hybridized carbons (Fsp3) is 0.208. The molecule has 2 amide bonds. The van der Waals surface area contributed by atoms with Gasteiger partial charge in [-0.2, -0.15) is 0 Å². The molecule has 2 N–H and O–H groups in total. The molecule has 0 bridgehead atoms. The van der Waals surface area contributed by atoms with E-state index in [1.807, 2.05) is 153 Å². The van der Waals surface area contributed by atoms with Crippen LogP contribution in [-0.2, 0) is 9.59 Å². The summed E-state index contributed by atoms with van der Waals surface area (Å²) >= 11 is 0. The molecule has 10 rings (SSSR count). The first kappa shape index (κ1) is 37.7. The summed E-state index contributed by atoms with van der Waals surface area (Å²) in [6, 6.07) is 34.1. The van der Waals surface area contributed by atoms with E-state index in [4.69, 9.17) is 14.7 Å². The Balaban J connectivity index is 0.810. The molecule has 13 heteroatoms. The smallest absolute Gasteiger partial charge is 0.250 e. The van der Waals surface area contributed by atoms with Gasteiger partial charge in [-0.25, -0.2) is 19.9 Å². The van der Waals surface area contributed by atoms with Crippen molar-refractivity contribution >= 4 is 11.8 Å². The number of hydrogen-bond donors (Lipinski definition) is 2. The third-order valence-electron chi connectivity index (χ3n) is 11.8. The number of rotatable bonds is 12. The van der Waals surface area contributed by atoms with Gasteiger partial charge >= 0.3 is 0 Å². The van der Waals surface area contributed by atoms with Crippen molar-refractivity contribution in [2.45, 2.75) is 49.9 Å². The Bertz CT molecular complexity index is 2710. The molecule has 2 fully saturated rings. The third-order valence-corrected chi connectivity index (χ3v) is 11.8. The number of imidazole rings is 4. The monoisotopic (exact) mass is 808 g/mol. The number of aromatic amines is 2. The van der Waals surface area contributed by atoms with Crippen molar-refractivity contribution in [1.29, 1.82) is 0 Å². The highest BCUT2D eigenvalue weighted by Crippen LogP contribution is 2.37. The molecule has 0 spiro atoms. The average Bonchev–Trinajstić information content (AvgIpc) is 4.16. The maximum Gasteiger partial charge on any atom is 0.250 e. The van der Waals surface area contributed by atoms with Gasteiger partial charge in [-0.3, -0.25) is 9.59 Å². The molecule has 0 saturated carbocycles. The predicted octanol–water partition coefficient (Wildman–Crippen LogP) is 8.56. The topological polar surface area (TPSA) is 143 Å². The van der Waals surface area contributed by atoms with Crippen LogP contribution < -0.4 is 4.74 Å². The minimum absolute atomic E-state index is 0.0192. The van der Waals surface area contributed by atoms with Crippen molar-refractivity contribution in [3.8, 4) is 34.0 Å². The number of carbonyl (C=O) groups excluding carboxylic acids is 2. The Morgan fingerprint density at radius 2 is 1.26 bits per heavy atom. The van der Waals surface area contributed by atoms with E-state index in [9.17, 15) is 9.59 Å². The molecule has 8 aromatic rings. The summed E-state index contributed by atoms with van der Waals surface area (Å²) in [7, 11) is 0. The lowest BCUT2D eigenvalue weighted by Crippen LogP contribution is -2.37. The zero-order chi connectivity index (χ0) is 41.1. The van der Waals surface area contributed by atoms with Gasteiger partial charge in [0.2, 0.25) is 0 Å². The number of carbonyl (C=O) groups is 2. The zero-order valence-corrected chi connectivity index (χ0v) is 33.4. The van der Waals surface area contributed by atoms with Crippen molar-refractivity contribution in [2.24, 2.45) is 0 Å². The molecule has 4 atom stereocenters. The van der Waals surface area contributed by atoms with Gasteiger partial charge in [0.1, 0.15) is 35.2 Å². The van der Waals surface area contributed by atoms with Crippen LogP contribution in [0, 0.1) is 0 Å². The summed E-state index contributed by atoms with van der Waals surface area (Å²) in [6.07, 6.45) is 17.7. The summed E-state index contributed by atoms with van der Waals surface area (Å²) in [5, 5.41) is 0. The second kappa shape index (κ2) is 16.6. The van der Waals surface area contributed by atoms with Gasteiger partial charge in [0.25, 0.3) is 11.8 Å². The molecule has 2 aliphatic heterocycles. The first-order valence-corrected chi connectivity index (χ1v) is 20.7. The lowest BCUT2D eigenvalue weighted by atomic mass is 10.0. The number of aromatic nitrogens is 8. The normalized spacial score (nSPS) is 17.4. The van der Waals surface area contributed by atoms with E-state index in [2.05, 4.69) is 19.9 Å². The predicted molar refractivity (Wildman–Crippen MR) is 229 cm³/mol. The zero-order valence-electron chi connectivity index (χ0n) is 33.4. The first-order chi connectivity index (χ1) is 30.1. The number of H-pyrrole nitrogens is 2. The molecule has 4 aromatic heterocycles. The highest BCUT2D eigenvalue weighted by atomic mass is 16.5. The van der Waals surface area contributed by atoms with Gasteiger partial charge < -0.3 is 33.6 Å². The fourth-order valence-corrected chi connectivity index (χ4v) is 8.81. The van der Waals surface area contributed by atoms with E-state index in [1.165, 1.54) is 0 Å². The van der Waals surface area contributed by atoms with Crippen LogP contribution in [0.4, 0.5) is 0 Å². The Morgan fingerprint density at radius 1 is 0.656 bits per heavy atom. The van der Waals surface area contributed by atoms with Crippen LogP contribution in [0.25, 0.3) is 22.5 Å². The van der Waals surface area contributed by atoms with E-state index in [0.29, 0.717) is 24.6 Å².